The Morgan fingerprint density at radius 1 is 1.00 bits per heavy atom. The van der Waals surface area contributed by atoms with E-state index in [1.54, 1.807) is 0 Å². The highest BCUT2D eigenvalue weighted by atomic mass is 16.3. The molecule has 3 aliphatic carbocycles. The predicted molar refractivity (Wildman–Crippen MR) is 123 cm³/mol. The number of benzene rings is 2. The standard InChI is InChI=1S/C28H34O2/c1-18-4-5-19(2)20(16-18)10-14-28(30)15-12-26-25-8-6-21-17-22(29)7-9-23(21)24(25)11-13-27(26,28)3/h4-5,7,9-10,14,16-17,24-26,29-30H,6,8,11-13,15H2,1-3H3/b14-10+/t24-,25-,26+,27+,28+/m1/s1. The molecule has 0 unspecified atom stereocenters. The van der Waals surface area contributed by atoms with Crippen LogP contribution in [0.2, 0.25) is 0 Å². The van der Waals surface area contributed by atoms with Gasteiger partial charge in [0.2, 0.25) is 0 Å². The maximum Gasteiger partial charge on any atom is 0.115 e. The molecule has 0 aliphatic heterocycles. The average Bonchev–Trinajstić information content (AvgIpc) is 2.99. The zero-order chi connectivity index (χ0) is 21.1. The first kappa shape index (κ1) is 19.9. The highest BCUT2D eigenvalue weighted by molar-refractivity contribution is 5.56. The number of aromatic hydroxyl groups is 1. The molecular weight excluding hydrogens is 368 g/mol. The number of fused-ring (bicyclic) bond motifs is 5. The van der Waals surface area contributed by atoms with Crippen molar-refractivity contribution in [1.29, 1.82) is 0 Å². The van der Waals surface area contributed by atoms with E-state index in [0.717, 1.165) is 32.1 Å². The lowest BCUT2D eigenvalue weighted by Gasteiger charge is -2.52. The normalized spacial score (nSPS) is 35.1. The Kier molecular flexibility index (Phi) is 4.63. The molecule has 2 nitrogen and oxygen atoms in total. The van der Waals surface area contributed by atoms with Gasteiger partial charge >= 0.3 is 0 Å². The van der Waals surface area contributed by atoms with Gasteiger partial charge in [0.15, 0.2) is 0 Å². The maximum absolute atomic E-state index is 11.9. The Balaban J connectivity index is 1.44. The quantitative estimate of drug-likeness (QED) is 0.618. The van der Waals surface area contributed by atoms with Gasteiger partial charge < -0.3 is 10.2 Å². The molecule has 2 N–H and O–H groups in total. The Labute approximate surface area is 180 Å². The number of hydrogen-bond donors (Lipinski definition) is 2. The van der Waals surface area contributed by atoms with Crippen LogP contribution in [-0.2, 0) is 6.42 Å². The lowest BCUT2D eigenvalue weighted by molar-refractivity contribution is -0.0705. The second-order valence-electron chi connectivity index (χ2n) is 10.4. The Morgan fingerprint density at radius 2 is 1.83 bits per heavy atom. The van der Waals surface area contributed by atoms with Gasteiger partial charge in [-0.2, -0.15) is 0 Å². The van der Waals surface area contributed by atoms with Crippen LogP contribution >= 0.6 is 0 Å². The molecule has 3 aliphatic rings. The van der Waals surface area contributed by atoms with E-state index in [1.807, 2.05) is 12.1 Å². The number of aliphatic hydroxyl groups is 1. The van der Waals surface area contributed by atoms with E-state index in [0.29, 0.717) is 23.5 Å². The average molecular weight is 403 g/mol. The lowest BCUT2D eigenvalue weighted by Crippen LogP contribution is -2.49. The molecule has 0 radical (unpaired) electrons. The van der Waals surface area contributed by atoms with Gasteiger partial charge in [0.1, 0.15) is 5.75 Å². The number of phenolic OH excluding ortho intramolecular Hbond substituents is 1. The van der Waals surface area contributed by atoms with Crippen molar-refractivity contribution in [2.75, 3.05) is 0 Å². The molecule has 2 saturated carbocycles. The molecule has 0 bridgehead atoms. The van der Waals surface area contributed by atoms with E-state index in [-0.39, 0.29) is 5.41 Å². The van der Waals surface area contributed by atoms with Crippen LogP contribution in [0, 0.1) is 31.1 Å². The monoisotopic (exact) mass is 402 g/mol. The van der Waals surface area contributed by atoms with Crippen molar-refractivity contribution in [2.45, 2.75) is 70.8 Å². The molecule has 0 aromatic heterocycles. The largest absolute Gasteiger partial charge is 0.508 e. The van der Waals surface area contributed by atoms with Crippen molar-refractivity contribution >= 4 is 6.08 Å². The molecule has 2 aromatic rings. The lowest BCUT2D eigenvalue weighted by atomic mass is 9.53. The van der Waals surface area contributed by atoms with Crippen LogP contribution in [0.1, 0.15) is 72.8 Å². The number of phenols is 1. The van der Waals surface area contributed by atoms with E-state index in [9.17, 15) is 10.2 Å². The molecule has 2 aromatic carbocycles. The third kappa shape index (κ3) is 2.95. The Morgan fingerprint density at radius 3 is 2.67 bits per heavy atom. The molecular formula is C28H34O2. The minimum atomic E-state index is -0.728. The summed E-state index contributed by atoms with van der Waals surface area (Å²) >= 11 is 0. The molecule has 2 heteroatoms. The molecule has 5 rings (SSSR count). The molecule has 0 spiro atoms. The topological polar surface area (TPSA) is 40.5 Å². The van der Waals surface area contributed by atoms with E-state index in [2.05, 4.69) is 57.2 Å². The third-order valence-electron chi connectivity index (χ3n) is 8.90. The summed E-state index contributed by atoms with van der Waals surface area (Å²) in [6.07, 6.45) is 10.7. The molecule has 0 heterocycles. The van der Waals surface area contributed by atoms with E-state index in [1.165, 1.54) is 34.2 Å². The van der Waals surface area contributed by atoms with Crippen molar-refractivity contribution in [2.24, 2.45) is 17.3 Å². The molecule has 0 saturated heterocycles. The van der Waals surface area contributed by atoms with Crippen LogP contribution in [0.4, 0.5) is 0 Å². The van der Waals surface area contributed by atoms with Gasteiger partial charge in [-0.15, -0.1) is 0 Å². The fourth-order valence-corrected chi connectivity index (χ4v) is 7.06. The second kappa shape index (κ2) is 6.99. The van der Waals surface area contributed by atoms with Crippen molar-refractivity contribution in [3.8, 4) is 5.75 Å². The van der Waals surface area contributed by atoms with Crippen LogP contribution < -0.4 is 0 Å². The van der Waals surface area contributed by atoms with Crippen LogP contribution in [0.5, 0.6) is 5.75 Å². The molecule has 5 atom stereocenters. The smallest absolute Gasteiger partial charge is 0.115 e. The summed E-state index contributed by atoms with van der Waals surface area (Å²) in [4.78, 5) is 0. The summed E-state index contributed by atoms with van der Waals surface area (Å²) in [6, 6.07) is 12.5. The summed E-state index contributed by atoms with van der Waals surface area (Å²) in [5.41, 5.74) is 5.74. The second-order valence-corrected chi connectivity index (χ2v) is 10.4. The summed E-state index contributed by atoms with van der Waals surface area (Å²) < 4.78 is 0. The molecule has 0 amide bonds. The van der Waals surface area contributed by atoms with Gasteiger partial charge in [0, 0.05) is 5.41 Å². The first-order chi connectivity index (χ1) is 14.3. The van der Waals surface area contributed by atoms with Gasteiger partial charge in [-0.05, 0) is 105 Å². The minimum Gasteiger partial charge on any atom is -0.508 e. The summed E-state index contributed by atoms with van der Waals surface area (Å²) in [5, 5.41) is 21.8. The molecule has 30 heavy (non-hydrogen) atoms. The van der Waals surface area contributed by atoms with Crippen molar-refractivity contribution < 1.29 is 10.2 Å². The van der Waals surface area contributed by atoms with E-state index < -0.39 is 5.60 Å². The minimum absolute atomic E-state index is 0.0587. The Hall–Kier alpha value is -2.06. The van der Waals surface area contributed by atoms with Crippen molar-refractivity contribution in [3.05, 3.63) is 70.3 Å². The van der Waals surface area contributed by atoms with Crippen LogP contribution in [0.25, 0.3) is 6.08 Å². The molecule has 158 valence electrons. The third-order valence-corrected chi connectivity index (χ3v) is 8.90. The zero-order valence-electron chi connectivity index (χ0n) is 18.5. The van der Waals surface area contributed by atoms with Gasteiger partial charge in [-0.1, -0.05) is 48.9 Å². The van der Waals surface area contributed by atoms with Gasteiger partial charge in [0.05, 0.1) is 5.60 Å². The zero-order valence-corrected chi connectivity index (χ0v) is 18.5. The van der Waals surface area contributed by atoms with E-state index in [4.69, 9.17) is 0 Å². The maximum atomic E-state index is 11.9. The van der Waals surface area contributed by atoms with Gasteiger partial charge in [-0.25, -0.2) is 0 Å². The summed E-state index contributed by atoms with van der Waals surface area (Å²) in [6.45, 7) is 6.62. The fourth-order valence-electron chi connectivity index (χ4n) is 7.06. The highest BCUT2D eigenvalue weighted by Crippen LogP contribution is 2.64. The predicted octanol–water partition coefficient (Wildman–Crippen LogP) is 6.31. The van der Waals surface area contributed by atoms with Gasteiger partial charge in [0.25, 0.3) is 0 Å². The van der Waals surface area contributed by atoms with Crippen LogP contribution in [0.15, 0.2) is 42.5 Å². The first-order valence-electron chi connectivity index (χ1n) is 11.6. The van der Waals surface area contributed by atoms with Crippen molar-refractivity contribution in [3.63, 3.8) is 0 Å². The first-order valence-corrected chi connectivity index (χ1v) is 11.6. The number of rotatable bonds is 2. The SMILES string of the molecule is Cc1ccc(C)c(/C=C/[C@]2(O)CC[C@H]3[C@@H]4CCc5cc(O)ccc5[C@H]4CC[C@@]32C)c1. The van der Waals surface area contributed by atoms with Gasteiger partial charge in [-0.3, -0.25) is 0 Å². The fraction of sp³-hybridized carbons (Fsp3) is 0.500. The van der Waals surface area contributed by atoms with Crippen molar-refractivity contribution in [1.82, 2.24) is 0 Å². The van der Waals surface area contributed by atoms with Crippen LogP contribution in [0.3, 0.4) is 0 Å². The Bertz CT molecular complexity index is 1010. The number of hydrogen-bond acceptors (Lipinski definition) is 2. The molecule has 2 fully saturated rings. The van der Waals surface area contributed by atoms with E-state index >= 15 is 0 Å². The summed E-state index contributed by atoms with van der Waals surface area (Å²) in [7, 11) is 0. The summed E-state index contributed by atoms with van der Waals surface area (Å²) in [5.74, 6) is 2.17. The number of aryl methyl sites for hydroxylation is 3. The highest BCUT2D eigenvalue weighted by Gasteiger charge is 2.60. The van der Waals surface area contributed by atoms with Crippen LogP contribution in [-0.4, -0.2) is 15.8 Å².